The largest absolute Gasteiger partial charge is 0.385 e. The minimum Gasteiger partial charge on any atom is -0.385 e. The summed E-state index contributed by atoms with van der Waals surface area (Å²) in [4.78, 5) is 11.1. The maximum atomic E-state index is 10.6. The lowest BCUT2D eigenvalue weighted by molar-refractivity contribution is 0.0481. The summed E-state index contributed by atoms with van der Waals surface area (Å²) in [5.41, 5.74) is 0. The highest BCUT2D eigenvalue weighted by atomic mass is 16.3. The van der Waals surface area contributed by atoms with Crippen LogP contribution in [0.15, 0.2) is 18.7 Å². The predicted octanol–water partition coefficient (Wildman–Crippen LogP) is 1.61. The van der Waals surface area contributed by atoms with Gasteiger partial charge in [0.1, 0.15) is 24.1 Å². The third-order valence-corrected chi connectivity index (χ3v) is 4.80. The molecule has 1 saturated heterocycles. The molecular weight excluding hydrogens is 304 g/mol. The molecule has 3 heterocycles. The van der Waals surface area contributed by atoms with Crippen LogP contribution in [0.3, 0.4) is 0 Å². The standard InChI is InChI=1S/C17H28N6O/c1-13(2)10-23-15(19-12-20-23)11-22-7-4-14(5-8-22)16(24)17-18-6-9-21(17)3/h6,9,12-14,16,24H,4-5,7-8,10-11H2,1-3H3. The fraction of sp³-hybridized carbons (Fsp3) is 0.706. The highest BCUT2D eigenvalue weighted by molar-refractivity contribution is 4.99. The Morgan fingerprint density at radius 3 is 2.62 bits per heavy atom. The number of piperidine rings is 1. The molecule has 0 amide bonds. The summed E-state index contributed by atoms with van der Waals surface area (Å²) in [6.07, 6.45) is 6.76. The van der Waals surface area contributed by atoms with E-state index in [1.807, 2.05) is 22.5 Å². The third-order valence-electron chi connectivity index (χ3n) is 4.80. The van der Waals surface area contributed by atoms with Crippen LogP contribution in [0.1, 0.15) is 44.4 Å². The molecule has 0 bridgehead atoms. The van der Waals surface area contributed by atoms with Crippen molar-refractivity contribution in [1.29, 1.82) is 0 Å². The molecule has 1 unspecified atom stereocenters. The zero-order chi connectivity index (χ0) is 17.1. The minimum atomic E-state index is -0.475. The Morgan fingerprint density at radius 2 is 2.00 bits per heavy atom. The lowest BCUT2D eigenvalue weighted by Crippen LogP contribution is -2.36. The summed E-state index contributed by atoms with van der Waals surface area (Å²) < 4.78 is 3.92. The average molecular weight is 332 g/mol. The van der Waals surface area contributed by atoms with Gasteiger partial charge in [0.15, 0.2) is 0 Å². The molecule has 7 nitrogen and oxygen atoms in total. The maximum Gasteiger partial charge on any atom is 0.141 e. The van der Waals surface area contributed by atoms with Gasteiger partial charge in [-0.3, -0.25) is 4.90 Å². The zero-order valence-electron chi connectivity index (χ0n) is 14.8. The monoisotopic (exact) mass is 332 g/mol. The number of aliphatic hydroxyl groups excluding tert-OH is 1. The van der Waals surface area contributed by atoms with Crippen LogP contribution in [0.5, 0.6) is 0 Å². The summed E-state index contributed by atoms with van der Waals surface area (Å²) >= 11 is 0. The second-order valence-corrected chi connectivity index (χ2v) is 7.21. The van der Waals surface area contributed by atoms with E-state index < -0.39 is 6.10 Å². The van der Waals surface area contributed by atoms with Crippen molar-refractivity contribution >= 4 is 0 Å². The Balaban J connectivity index is 1.54. The van der Waals surface area contributed by atoms with Gasteiger partial charge < -0.3 is 9.67 Å². The van der Waals surface area contributed by atoms with Crippen LogP contribution in [0.2, 0.25) is 0 Å². The molecule has 0 spiro atoms. The number of rotatable bonds is 6. The number of imidazole rings is 1. The van der Waals surface area contributed by atoms with Crippen LogP contribution in [-0.4, -0.2) is 47.4 Å². The number of aryl methyl sites for hydroxylation is 1. The van der Waals surface area contributed by atoms with Gasteiger partial charge in [0, 0.05) is 26.0 Å². The Labute approximate surface area is 143 Å². The first kappa shape index (κ1) is 17.1. The number of aromatic nitrogens is 5. The maximum absolute atomic E-state index is 10.6. The molecule has 1 atom stereocenters. The van der Waals surface area contributed by atoms with E-state index in [1.165, 1.54) is 0 Å². The minimum absolute atomic E-state index is 0.274. The normalized spacial score (nSPS) is 18.4. The molecule has 0 saturated carbocycles. The number of nitrogens with zero attached hydrogens (tertiary/aromatic N) is 6. The van der Waals surface area contributed by atoms with Gasteiger partial charge in [0.05, 0.1) is 6.54 Å². The van der Waals surface area contributed by atoms with Crippen LogP contribution in [0, 0.1) is 11.8 Å². The van der Waals surface area contributed by atoms with Crippen molar-refractivity contribution in [3.05, 3.63) is 30.4 Å². The molecule has 1 N–H and O–H groups in total. The molecule has 0 radical (unpaired) electrons. The lowest BCUT2D eigenvalue weighted by atomic mass is 9.90. The molecule has 132 valence electrons. The highest BCUT2D eigenvalue weighted by Crippen LogP contribution is 2.30. The molecule has 1 aliphatic heterocycles. The van der Waals surface area contributed by atoms with Crippen LogP contribution < -0.4 is 0 Å². The van der Waals surface area contributed by atoms with Crippen LogP contribution in [0.4, 0.5) is 0 Å². The van der Waals surface area contributed by atoms with Gasteiger partial charge in [0.2, 0.25) is 0 Å². The second kappa shape index (κ2) is 7.44. The smallest absolute Gasteiger partial charge is 0.141 e. The molecule has 7 heteroatoms. The predicted molar refractivity (Wildman–Crippen MR) is 91.0 cm³/mol. The van der Waals surface area contributed by atoms with E-state index in [1.54, 1.807) is 12.5 Å². The van der Waals surface area contributed by atoms with Gasteiger partial charge in [0.25, 0.3) is 0 Å². The van der Waals surface area contributed by atoms with Crippen LogP contribution in [-0.2, 0) is 20.1 Å². The summed E-state index contributed by atoms with van der Waals surface area (Å²) in [6.45, 7) is 8.06. The number of hydrogen-bond donors (Lipinski definition) is 1. The van der Waals surface area contributed by atoms with Crippen molar-refractivity contribution in [2.75, 3.05) is 13.1 Å². The SMILES string of the molecule is CC(C)Cn1ncnc1CN1CCC(C(O)c2nccn2C)CC1. The molecule has 24 heavy (non-hydrogen) atoms. The summed E-state index contributed by atoms with van der Waals surface area (Å²) in [7, 11) is 1.93. The molecule has 2 aromatic rings. The van der Waals surface area contributed by atoms with E-state index in [-0.39, 0.29) is 5.92 Å². The quantitative estimate of drug-likeness (QED) is 0.870. The van der Waals surface area contributed by atoms with Crippen LogP contribution in [0.25, 0.3) is 0 Å². The highest BCUT2D eigenvalue weighted by Gasteiger charge is 2.28. The average Bonchev–Trinajstić information content (AvgIpc) is 3.16. The Hall–Kier alpha value is -1.73. The molecule has 3 rings (SSSR count). The van der Waals surface area contributed by atoms with Crippen molar-refractivity contribution in [2.24, 2.45) is 18.9 Å². The summed E-state index contributed by atoms with van der Waals surface area (Å²) in [5, 5.41) is 14.9. The number of hydrogen-bond acceptors (Lipinski definition) is 5. The first-order valence-corrected chi connectivity index (χ1v) is 8.79. The van der Waals surface area contributed by atoms with E-state index in [4.69, 9.17) is 0 Å². The first-order chi connectivity index (χ1) is 11.5. The molecule has 2 aromatic heterocycles. The van der Waals surface area contributed by atoms with E-state index in [0.717, 1.165) is 50.7 Å². The lowest BCUT2D eigenvalue weighted by Gasteiger charge is -2.33. The molecule has 1 aliphatic rings. The third kappa shape index (κ3) is 3.84. The van der Waals surface area contributed by atoms with E-state index in [2.05, 4.69) is 33.8 Å². The van der Waals surface area contributed by atoms with Gasteiger partial charge >= 0.3 is 0 Å². The van der Waals surface area contributed by atoms with Crippen molar-refractivity contribution in [1.82, 2.24) is 29.2 Å². The fourth-order valence-electron chi connectivity index (χ4n) is 3.41. The zero-order valence-corrected chi connectivity index (χ0v) is 14.8. The number of aliphatic hydroxyl groups is 1. The van der Waals surface area contributed by atoms with Crippen molar-refractivity contribution in [3.63, 3.8) is 0 Å². The van der Waals surface area contributed by atoms with E-state index in [0.29, 0.717) is 5.92 Å². The van der Waals surface area contributed by atoms with Crippen molar-refractivity contribution < 1.29 is 5.11 Å². The Bertz CT molecular complexity index is 641. The summed E-state index contributed by atoms with van der Waals surface area (Å²) in [6, 6.07) is 0. The first-order valence-electron chi connectivity index (χ1n) is 8.79. The van der Waals surface area contributed by atoms with Gasteiger partial charge in [-0.2, -0.15) is 5.10 Å². The summed E-state index contributed by atoms with van der Waals surface area (Å²) in [5.74, 6) is 2.64. The van der Waals surface area contributed by atoms with E-state index >= 15 is 0 Å². The second-order valence-electron chi connectivity index (χ2n) is 7.21. The van der Waals surface area contributed by atoms with E-state index in [9.17, 15) is 5.11 Å². The molecule has 0 aromatic carbocycles. The van der Waals surface area contributed by atoms with Crippen molar-refractivity contribution in [3.8, 4) is 0 Å². The molecular formula is C17H28N6O. The van der Waals surface area contributed by atoms with Gasteiger partial charge in [-0.1, -0.05) is 13.8 Å². The topological polar surface area (TPSA) is 72.0 Å². The van der Waals surface area contributed by atoms with Crippen LogP contribution >= 0.6 is 0 Å². The van der Waals surface area contributed by atoms with Gasteiger partial charge in [-0.15, -0.1) is 0 Å². The Morgan fingerprint density at radius 1 is 1.25 bits per heavy atom. The molecule has 0 aliphatic carbocycles. The number of likely N-dealkylation sites (tertiary alicyclic amines) is 1. The van der Waals surface area contributed by atoms with Gasteiger partial charge in [-0.05, 0) is 37.8 Å². The van der Waals surface area contributed by atoms with Gasteiger partial charge in [-0.25, -0.2) is 14.6 Å². The molecule has 1 fully saturated rings. The fourth-order valence-corrected chi connectivity index (χ4v) is 3.41. The Kier molecular flexibility index (Phi) is 5.30. The van der Waals surface area contributed by atoms with Crippen molar-refractivity contribution in [2.45, 2.75) is 45.9 Å².